The van der Waals surface area contributed by atoms with Crippen molar-refractivity contribution in [2.75, 3.05) is 30.9 Å². The van der Waals surface area contributed by atoms with Gasteiger partial charge in [-0.15, -0.1) is 0 Å². The number of hydrogen-bond donors (Lipinski definition) is 0. The van der Waals surface area contributed by atoms with Crippen molar-refractivity contribution in [2.45, 2.75) is 25.8 Å². The number of rotatable bonds is 8. The minimum atomic E-state index is -3.75. The van der Waals surface area contributed by atoms with Crippen molar-refractivity contribution in [3.63, 3.8) is 0 Å². The van der Waals surface area contributed by atoms with E-state index in [1.807, 2.05) is 0 Å². The van der Waals surface area contributed by atoms with Crippen LogP contribution in [0.4, 0.5) is 0 Å². The van der Waals surface area contributed by atoms with Crippen molar-refractivity contribution in [1.29, 1.82) is 0 Å². The van der Waals surface area contributed by atoms with Gasteiger partial charge in [0.05, 0.1) is 18.1 Å². The highest BCUT2D eigenvalue weighted by Gasteiger charge is 2.38. The van der Waals surface area contributed by atoms with Crippen LogP contribution in [0.2, 0.25) is 0 Å². The van der Waals surface area contributed by atoms with E-state index in [-0.39, 0.29) is 19.2 Å². The third kappa shape index (κ3) is 5.87. The van der Waals surface area contributed by atoms with Gasteiger partial charge >= 0.3 is 5.97 Å². The molecule has 0 bridgehead atoms. The summed E-state index contributed by atoms with van der Waals surface area (Å²) in [6, 6.07) is -0.200. The lowest BCUT2D eigenvalue weighted by molar-refractivity contribution is -0.143. The minimum Gasteiger partial charge on any atom is -0.465 e. The smallest absolute Gasteiger partial charge is 0.321 e. The zero-order chi connectivity index (χ0) is 14.7. The van der Waals surface area contributed by atoms with E-state index >= 15 is 0 Å². The number of carbonyl (C=O) groups is 1. The predicted molar refractivity (Wildman–Crippen MR) is 69.9 cm³/mol. The van der Waals surface area contributed by atoms with Gasteiger partial charge in [0.15, 0.2) is 0 Å². The quantitative estimate of drug-likeness (QED) is 0.554. The third-order valence-electron chi connectivity index (χ3n) is 2.61. The largest absolute Gasteiger partial charge is 0.465 e. The Morgan fingerprint density at radius 2 is 1.79 bits per heavy atom. The first-order chi connectivity index (χ1) is 8.65. The van der Waals surface area contributed by atoms with E-state index in [0.29, 0.717) is 12.8 Å². The van der Waals surface area contributed by atoms with Crippen molar-refractivity contribution >= 4 is 25.8 Å². The molecule has 112 valence electrons. The average molecular weight is 313 g/mol. The van der Waals surface area contributed by atoms with Gasteiger partial charge in [-0.05, 0) is 19.8 Å². The summed E-state index contributed by atoms with van der Waals surface area (Å²) < 4.78 is 52.0. The molecular formula is C10H19NO6S2. The summed E-state index contributed by atoms with van der Waals surface area (Å²) in [6.45, 7) is 1.48. The normalized spacial score (nSPS) is 16.6. The van der Waals surface area contributed by atoms with E-state index in [1.165, 1.54) is 0 Å². The van der Waals surface area contributed by atoms with Crippen LogP contribution in [0.5, 0.6) is 0 Å². The molecule has 0 aromatic carbocycles. The first-order valence-electron chi connectivity index (χ1n) is 5.98. The van der Waals surface area contributed by atoms with Crippen LogP contribution in [0.15, 0.2) is 0 Å². The standard InChI is InChI=1S/C10H19NO6S2/c1-3-17-10(12)8-11(9-4-5-9)19(15,16)7-6-18(2,13)14/h9H,3-8H2,1-2H3. The molecule has 0 unspecified atom stereocenters. The van der Waals surface area contributed by atoms with E-state index in [9.17, 15) is 21.6 Å². The van der Waals surface area contributed by atoms with Crippen LogP contribution in [0.3, 0.4) is 0 Å². The molecule has 1 aliphatic rings. The van der Waals surface area contributed by atoms with Crippen LogP contribution >= 0.6 is 0 Å². The Kier molecular flexibility index (Phi) is 5.34. The van der Waals surface area contributed by atoms with Crippen molar-refractivity contribution in [3.8, 4) is 0 Å². The van der Waals surface area contributed by atoms with Gasteiger partial charge in [-0.2, -0.15) is 4.31 Å². The Labute approximate surface area is 113 Å². The highest BCUT2D eigenvalue weighted by Crippen LogP contribution is 2.29. The fourth-order valence-electron chi connectivity index (χ4n) is 1.52. The highest BCUT2D eigenvalue weighted by molar-refractivity contribution is 7.93. The molecule has 0 N–H and O–H groups in total. The molecule has 0 aromatic rings. The molecule has 0 aliphatic heterocycles. The molecule has 1 saturated carbocycles. The fourth-order valence-corrected chi connectivity index (χ4v) is 4.78. The molecular weight excluding hydrogens is 294 g/mol. The van der Waals surface area contributed by atoms with Gasteiger partial charge in [0.2, 0.25) is 10.0 Å². The Morgan fingerprint density at radius 1 is 1.21 bits per heavy atom. The summed E-state index contributed by atoms with van der Waals surface area (Å²) in [5, 5.41) is 0. The minimum absolute atomic E-state index is 0.181. The van der Waals surface area contributed by atoms with Crippen LogP contribution < -0.4 is 0 Å². The first-order valence-corrected chi connectivity index (χ1v) is 9.65. The summed E-state index contributed by atoms with van der Waals surface area (Å²) in [4.78, 5) is 11.4. The highest BCUT2D eigenvalue weighted by atomic mass is 32.2. The number of sulfonamides is 1. The molecule has 0 radical (unpaired) electrons. The van der Waals surface area contributed by atoms with Gasteiger partial charge in [-0.3, -0.25) is 4.79 Å². The van der Waals surface area contributed by atoms with Crippen LogP contribution in [0, 0.1) is 0 Å². The topological polar surface area (TPSA) is 97.8 Å². The number of carbonyl (C=O) groups excluding carboxylic acids is 1. The van der Waals surface area contributed by atoms with Gasteiger partial charge in [0.25, 0.3) is 0 Å². The van der Waals surface area contributed by atoms with Crippen LogP contribution in [-0.4, -0.2) is 64.1 Å². The monoisotopic (exact) mass is 313 g/mol. The van der Waals surface area contributed by atoms with E-state index in [4.69, 9.17) is 4.74 Å². The Bertz CT molecular complexity index is 520. The molecule has 1 fully saturated rings. The summed E-state index contributed by atoms with van der Waals surface area (Å²) in [5.74, 6) is -1.55. The second kappa shape index (κ2) is 6.19. The van der Waals surface area contributed by atoms with Gasteiger partial charge in [0, 0.05) is 12.3 Å². The van der Waals surface area contributed by atoms with Crippen molar-refractivity contribution in [2.24, 2.45) is 0 Å². The molecule has 0 heterocycles. The number of ether oxygens (including phenoxy) is 1. The lowest BCUT2D eigenvalue weighted by atomic mass is 10.6. The van der Waals surface area contributed by atoms with Gasteiger partial charge < -0.3 is 4.74 Å². The van der Waals surface area contributed by atoms with E-state index < -0.39 is 37.3 Å². The van der Waals surface area contributed by atoms with Crippen LogP contribution in [0.1, 0.15) is 19.8 Å². The summed E-state index contributed by atoms with van der Waals surface area (Å²) >= 11 is 0. The molecule has 19 heavy (non-hydrogen) atoms. The maximum atomic E-state index is 12.1. The summed E-state index contributed by atoms with van der Waals surface area (Å²) in [6.07, 6.45) is 2.37. The zero-order valence-corrected chi connectivity index (χ0v) is 12.7. The number of hydrogen-bond acceptors (Lipinski definition) is 6. The van der Waals surface area contributed by atoms with E-state index in [2.05, 4.69) is 0 Å². The van der Waals surface area contributed by atoms with Gasteiger partial charge in [0.1, 0.15) is 16.4 Å². The second-order valence-corrected chi connectivity index (χ2v) is 8.83. The Balaban J connectivity index is 2.72. The summed E-state index contributed by atoms with van der Waals surface area (Å²) in [5.41, 5.74) is 0. The predicted octanol–water partition coefficient (Wildman–Crippen LogP) is -0.612. The Morgan fingerprint density at radius 3 is 2.21 bits per heavy atom. The van der Waals surface area contributed by atoms with Gasteiger partial charge in [-0.1, -0.05) is 0 Å². The SMILES string of the molecule is CCOC(=O)CN(C1CC1)S(=O)(=O)CCS(C)(=O)=O. The number of esters is 1. The number of nitrogens with zero attached hydrogens (tertiary/aromatic N) is 1. The zero-order valence-electron chi connectivity index (χ0n) is 11.0. The van der Waals surface area contributed by atoms with Crippen molar-refractivity contribution in [1.82, 2.24) is 4.31 Å². The van der Waals surface area contributed by atoms with Crippen LogP contribution in [-0.2, 0) is 29.4 Å². The molecule has 0 aromatic heterocycles. The lowest BCUT2D eigenvalue weighted by Gasteiger charge is -2.20. The van der Waals surface area contributed by atoms with Crippen molar-refractivity contribution in [3.05, 3.63) is 0 Å². The third-order valence-corrected chi connectivity index (χ3v) is 5.68. The Hall–Kier alpha value is -0.670. The van der Waals surface area contributed by atoms with Crippen LogP contribution in [0.25, 0.3) is 0 Å². The maximum absolute atomic E-state index is 12.1. The first kappa shape index (κ1) is 16.4. The lowest BCUT2D eigenvalue weighted by Crippen LogP contribution is -2.40. The second-order valence-electron chi connectivity index (χ2n) is 4.53. The maximum Gasteiger partial charge on any atom is 0.321 e. The molecule has 1 rings (SSSR count). The fraction of sp³-hybridized carbons (Fsp3) is 0.900. The summed E-state index contributed by atoms with van der Waals surface area (Å²) in [7, 11) is -7.11. The molecule has 7 nitrogen and oxygen atoms in total. The molecule has 0 amide bonds. The average Bonchev–Trinajstić information content (AvgIpc) is 3.06. The van der Waals surface area contributed by atoms with Gasteiger partial charge in [-0.25, -0.2) is 16.8 Å². The number of sulfone groups is 1. The molecule has 0 saturated heterocycles. The van der Waals surface area contributed by atoms with E-state index in [0.717, 1.165) is 10.6 Å². The molecule has 1 aliphatic carbocycles. The molecule has 0 atom stereocenters. The molecule has 0 spiro atoms. The van der Waals surface area contributed by atoms with Crippen molar-refractivity contribution < 1.29 is 26.4 Å². The van der Waals surface area contributed by atoms with E-state index in [1.54, 1.807) is 6.92 Å². The molecule has 9 heteroatoms.